The number of imidazole rings is 1. The fourth-order valence-electron chi connectivity index (χ4n) is 2.74. The fourth-order valence-corrected chi connectivity index (χ4v) is 2.74. The van der Waals surface area contributed by atoms with Gasteiger partial charge in [0.05, 0.1) is 12.8 Å². The molecule has 0 N–H and O–H groups in total. The molecule has 4 aromatic heterocycles. The summed E-state index contributed by atoms with van der Waals surface area (Å²) in [6.45, 7) is 1.85. The smallest absolute Gasteiger partial charge is 0.215 e. The molecule has 7 heteroatoms. The zero-order chi connectivity index (χ0) is 16.7. The highest BCUT2D eigenvalue weighted by atomic mass is 16.5. The molecule has 0 spiro atoms. The van der Waals surface area contributed by atoms with Gasteiger partial charge in [-0.1, -0.05) is 0 Å². The normalized spacial score (nSPS) is 10.9. The van der Waals surface area contributed by atoms with Gasteiger partial charge in [-0.15, -0.1) is 0 Å². The lowest BCUT2D eigenvalue weighted by Gasteiger charge is -2.07. The van der Waals surface area contributed by atoms with Crippen LogP contribution in [0.5, 0.6) is 5.88 Å². The lowest BCUT2D eigenvalue weighted by molar-refractivity contribution is 0.399. The molecule has 4 aromatic rings. The molecule has 0 amide bonds. The summed E-state index contributed by atoms with van der Waals surface area (Å²) in [6, 6.07) is 9.41. The van der Waals surface area contributed by atoms with Gasteiger partial charge in [0, 0.05) is 24.0 Å². The number of nitrogens with zero attached hydrogens (tertiary/aromatic N) is 6. The van der Waals surface area contributed by atoms with E-state index in [2.05, 4.69) is 26.0 Å². The van der Waals surface area contributed by atoms with E-state index >= 15 is 0 Å². The molecule has 0 aliphatic rings. The third kappa shape index (κ3) is 1.97. The Labute approximate surface area is 137 Å². The van der Waals surface area contributed by atoms with E-state index < -0.39 is 0 Å². The summed E-state index contributed by atoms with van der Waals surface area (Å²) >= 11 is 0. The van der Waals surface area contributed by atoms with Crippen molar-refractivity contribution >= 4 is 16.7 Å². The Morgan fingerprint density at radius 1 is 1.17 bits per heavy atom. The molecule has 0 aromatic carbocycles. The van der Waals surface area contributed by atoms with E-state index in [0.29, 0.717) is 39.8 Å². The zero-order valence-electron chi connectivity index (χ0n) is 13.1. The molecule has 4 rings (SSSR count). The van der Waals surface area contributed by atoms with Crippen molar-refractivity contribution in [3.05, 3.63) is 48.0 Å². The number of hydrogen-bond donors (Lipinski definition) is 0. The average molecular weight is 316 g/mol. The minimum atomic E-state index is 0.314. The van der Waals surface area contributed by atoms with Crippen LogP contribution in [-0.4, -0.2) is 31.4 Å². The van der Waals surface area contributed by atoms with Gasteiger partial charge in [0.1, 0.15) is 22.9 Å². The molecule has 0 radical (unpaired) electrons. The van der Waals surface area contributed by atoms with Crippen LogP contribution < -0.4 is 4.74 Å². The first-order valence-electron chi connectivity index (χ1n) is 7.27. The third-order valence-corrected chi connectivity index (χ3v) is 3.78. The van der Waals surface area contributed by atoms with Gasteiger partial charge in [-0.25, -0.2) is 9.97 Å². The maximum absolute atomic E-state index is 9.49. The zero-order valence-corrected chi connectivity index (χ0v) is 13.1. The van der Waals surface area contributed by atoms with Crippen LogP contribution in [0, 0.1) is 18.3 Å². The number of aryl methyl sites for hydroxylation is 1. The molecule has 7 nitrogen and oxygen atoms in total. The summed E-state index contributed by atoms with van der Waals surface area (Å²) in [5.41, 5.74) is 3.69. The van der Waals surface area contributed by atoms with Crippen LogP contribution in [0.25, 0.3) is 28.1 Å². The molecule has 0 fully saturated rings. The molecule has 0 aliphatic carbocycles. The number of nitriles is 1. The average Bonchev–Trinajstić information content (AvgIpc) is 2.99. The Hall–Kier alpha value is -3.53. The van der Waals surface area contributed by atoms with E-state index in [1.165, 1.54) is 0 Å². The Balaban J connectivity index is 2.22. The lowest BCUT2D eigenvalue weighted by Crippen LogP contribution is -2.01. The van der Waals surface area contributed by atoms with Gasteiger partial charge in [0.2, 0.25) is 5.88 Å². The first-order valence-corrected chi connectivity index (χ1v) is 7.27. The SMILES string of the molecule is COc1ccc2nc(C#N)c3c(C)nc(-c4cccnc4)n3c2n1. The molecule has 116 valence electrons. The molecule has 0 bridgehead atoms. The molecule has 0 unspecified atom stereocenters. The predicted molar refractivity (Wildman–Crippen MR) is 87.5 cm³/mol. The van der Waals surface area contributed by atoms with Crippen molar-refractivity contribution in [2.45, 2.75) is 6.92 Å². The topological polar surface area (TPSA) is 89.0 Å². The summed E-state index contributed by atoms with van der Waals surface area (Å²) in [5, 5.41) is 9.49. The highest BCUT2D eigenvalue weighted by Gasteiger charge is 2.19. The first-order chi connectivity index (χ1) is 11.7. The Morgan fingerprint density at radius 3 is 2.75 bits per heavy atom. The van der Waals surface area contributed by atoms with Gasteiger partial charge in [-0.3, -0.25) is 9.38 Å². The van der Waals surface area contributed by atoms with Crippen molar-refractivity contribution in [3.8, 4) is 23.3 Å². The van der Waals surface area contributed by atoms with Gasteiger partial charge in [0.25, 0.3) is 0 Å². The van der Waals surface area contributed by atoms with Crippen molar-refractivity contribution in [2.75, 3.05) is 7.11 Å². The molecule has 0 saturated carbocycles. The molecular weight excluding hydrogens is 304 g/mol. The summed E-state index contributed by atoms with van der Waals surface area (Å²) in [7, 11) is 1.56. The van der Waals surface area contributed by atoms with Crippen LogP contribution in [0.2, 0.25) is 0 Å². The van der Waals surface area contributed by atoms with Gasteiger partial charge >= 0.3 is 0 Å². The highest BCUT2D eigenvalue weighted by molar-refractivity contribution is 5.82. The molecule has 0 atom stereocenters. The largest absolute Gasteiger partial charge is 0.481 e. The molecule has 0 saturated heterocycles. The number of fused-ring (bicyclic) bond motifs is 3. The number of pyridine rings is 2. The number of hydrogen-bond acceptors (Lipinski definition) is 6. The van der Waals surface area contributed by atoms with E-state index in [1.54, 1.807) is 31.6 Å². The number of rotatable bonds is 2. The second-order valence-electron chi connectivity index (χ2n) is 5.22. The first kappa shape index (κ1) is 14.1. The molecular formula is C17H12N6O. The van der Waals surface area contributed by atoms with Crippen molar-refractivity contribution in [1.29, 1.82) is 5.26 Å². The minimum Gasteiger partial charge on any atom is -0.481 e. The van der Waals surface area contributed by atoms with E-state index in [4.69, 9.17) is 4.74 Å². The predicted octanol–water partition coefficient (Wildman–Crippen LogP) is 2.53. The Bertz CT molecular complexity index is 1110. The maximum Gasteiger partial charge on any atom is 0.215 e. The van der Waals surface area contributed by atoms with E-state index in [9.17, 15) is 5.26 Å². The van der Waals surface area contributed by atoms with Crippen molar-refractivity contribution in [1.82, 2.24) is 24.3 Å². The van der Waals surface area contributed by atoms with Crippen molar-refractivity contribution in [3.63, 3.8) is 0 Å². The van der Waals surface area contributed by atoms with Crippen LogP contribution in [-0.2, 0) is 0 Å². The summed E-state index contributed by atoms with van der Waals surface area (Å²) in [4.78, 5) is 17.7. The maximum atomic E-state index is 9.49. The van der Waals surface area contributed by atoms with E-state index in [1.807, 2.05) is 23.5 Å². The standard InChI is InChI=1S/C17H12N6O/c1-10-15-13(8-18)21-12-5-6-14(24-2)22-17(12)23(15)16(20-10)11-4-3-7-19-9-11/h3-7,9H,1-2H3. The Kier molecular flexibility index (Phi) is 3.10. The quantitative estimate of drug-likeness (QED) is 0.564. The molecule has 4 heterocycles. The van der Waals surface area contributed by atoms with Gasteiger partial charge in [0.15, 0.2) is 11.3 Å². The van der Waals surface area contributed by atoms with Crippen LogP contribution in [0.3, 0.4) is 0 Å². The van der Waals surface area contributed by atoms with Gasteiger partial charge in [-0.05, 0) is 25.1 Å². The monoisotopic (exact) mass is 316 g/mol. The summed E-state index contributed by atoms with van der Waals surface area (Å²) in [5.74, 6) is 1.14. The number of ether oxygens (including phenoxy) is 1. The van der Waals surface area contributed by atoms with Crippen LogP contribution in [0.1, 0.15) is 11.4 Å². The van der Waals surface area contributed by atoms with Crippen LogP contribution >= 0.6 is 0 Å². The van der Waals surface area contributed by atoms with Crippen molar-refractivity contribution < 1.29 is 4.74 Å². The second-order valence-corrected chi connectivity index (χ2v) is 5.22. The third-order valence-electron chi connectivity index (χ3n) is 3.78. The molecule has 0 aliphatic heterocycles. The summed E-state index contributed by atoms with van der Waals surface area (Å²) in [6.07, 6.45) is 3.43. The van der Waals surface area contributed by atoms with Crippen LogP contribution in [0.4, 0.5) is 0 Å². The van der Waals surface area contributed by atoms with Gasteiger partial charge in [-0.2, -0.15) is 10.2 Å². The Morgan fingerprint density at radius 2 is 2.04 bits per heavy atom. The minimum absolute atomic E-state index is 0.314. The second kappa shape index (κ2) is 5.28. The van der Waals surface area contributed by atoms with Crippen LogP contribution in [0.15, 0.2) is 36.7 Å². The van der Waals surface area contributed by atoms with Gasteiger partial charge < -0.3 is 4.74 Å². The van der Waals surface area contributed by atoms with E-state index in [0.717, 1.165) is 5.56 Å². The highest BCUT2D eigenvalue weighted by Crippen LogP contribution is 2.28. The number of methoxy groups -OCH3 is 1. The van der Waals surface area contributed by atoms with Crippen molar-refractivity contribution in [2.24, 2.45) is 0 Å². The summed E-state index contributed by atoms with van der Waals surface area (Å²) < 4.78 is 7.07. The fraction of sp³-hybridized carbons (Fsp3) is 0.118. The molecule has 24 heavy (non-hydrogen) atoms. The number of aromatic nitrogens is 5. The lowest BCUT2D eigenvalue weighted by atomic mass is 10.2. The van der Waals surface area contributed by atoms with E-state index in [-0.39, 0.29) is 0 Å².